The molecular formula is C11H21N3O3S2. The number of nitrogens with two attached hydrogens (primary N) is 1. The minimum atomic E-state index is -3.38. The second-order valence-electron chi connectivity index (χ2n) is 4.20. The molecule has 0 fully saturated rings. The summed E-state index contributed by atoms with van der Waals surface area (Å²) in [5, 5.41) is 0.603. The van der Waals surface area contributed by atoms with Gasteiger partial charge in [0.25, 0.3) is 0 Å². The van der Waals surface area contributed by atoms with Crippen molar-refractivity contribution in [1.29, 1.82) is 0 Å². The van der Waals surface area contributed by atoms with Crippen LogP contribution in [0.4, 0.5) is 10.8 Å². The molecule has 0 amide bonds. The Kier molecular flexibility index (Phi) is 5.57. The second kappa shape index (κ2) is 6.53. The number of ether oxygens (including phenoxy) is 1. The Labute approximate surface area is 118 Å². The van der Waals surface area contributed by atoms with Crippen LogP contribution in [0, 0.1) is 0 Å². The zero-order valence-corrected chi connectivity index (χ0v) is 13.3. The minimum Gasteiger partial charge on any atom is -0.383 e. The summed E-state index contributed by atoms with van der Waals surface area (Å²) in [6.07, 6.45) is 0. The summed E-state index contributed by atoms with van der Waals surface area (Å²) in [4.78, 5) is 2.12. The van der Waals surface area contributed by atoms with E-state index in [1.54, 1.807) is 14.0 Å². The Bertz CT molecular complexity index is 513. The molecule has 6 nitrogen and oxygen atoms in total. The second-order valence-corrected chi connectivity index (χ2v) is 7.16. The average Bonchev–Trinajstić information content (AvgIpc) is 2.73. The smallest absolute Gasteiger partial charge is 0.184 e. The zero-order chi connectivity index (χ0) is 14.6. The third-order valence-corrected chi connectivity index (χ3v) is 5.70. The first-order chi connectivity index (χ1) is 8.88. The molecule has 1 rings (SSSR count). The van der Waals surface area contributed by atoms with Gasteiger partial charge in [0.2, 0.25) is 0 Å². The molecule has 8 heteroatoms. The van der Waals surface area contributed by atoms with E-state index in [9.17, 15) is 8.42 Å². The van der Waals surface area contributed by atoms with E-state index >= 15 is 0 Å². The molecule has 0 aliphatic carbocycles. The molecule has 1 aromatic rings. The lowest BCUT2D eigenvalue weighted by Gasteiger charge is -2.28. The van der Waals surface area contributed by atoms with E-state index in [0.29, 0.717) is 18.2 Å². The number of methoxy groups -OCH3 is 1. The van der Waals surface area contributed by atoms with E-state index in [2.05, 4.69) is 4.37 Å². The maximum atomic E-state index is 12.1. The van der Waals surface area contributed by atoms with Crippen LogP contribution in [0.2, 0.25) is 0 Å². The van der Waals surface area contributed by atoms with Crippen molar-refractivity contribution in [3.8, 4) is 0 Å². The fraction of sp³-hybridized carbons (Fsp3) is 0.727. The Hall–Kier alpha value is -0.860. The van der Waals surface area contributed by atoms with Crippen molar-refractivity contribution in [3.63, 3.8) is 0 Å². The van der Waals surface area contributed by atoms with E-state index in [4.69, 9.17) is 10.5 Å². The summed E-state index contributed by atoms with van der Waals surface area (Å²) in [5.74, 6) is 0.101. The van der Waals surface area contributed by atoms with E-state index in [0.717, 1.165) is 11.5 Å². The normalized spacial score (nSPS) is 13.5. The van der Waals surface area contributed by atoms with Crippen LogP contribution in [0.15, 0.2) is 4.90 Å². The highest BCUT2D eigenvalue weighted by Crippen LogP contribution is 2.36. The molecule has 1 unspecified atom stereocenters. The first-order valence-electron chi connectivity index (χ1n) is 6.12. The topological polar surface area (TPSA) is 85.5 Å². The van der Waals surface area contributed by atoms with E-state index in [1.165, 1.54) is 0 Å². The molecule has 19 heavy (non-hydrogen) atoms. The number of nitrogen functional groups attached to an aromatic ring is 1. The Balaban J connectivity index is 3.27. The van der Waals surface area contributed by atoms with Crippen LogP contribution in [0.5, 0.6) is 0 Å². The van der Waals surface area contributed by atoms with Crippen LogP contribution in [0.3, 0.4) is 0 Å². The summed E-state index contributed by atoms with van der Waals surface area (Å²) in [6.45, 7) is 6.72. The highest BCUT2D eigenvalue weighted by atomic mass is 32.2. The van der Waals surface area contributed by atoms with Crippen molar-refractivity contribution in [1.82, 2.24) is 4.37 Å². The predicted octanol–water partition coefficient (Wildman–Crippen LogP) is 1.38. The highest BCUT2D eigenvalue weighted by molar-refractivity contribution is 7.91. The highest BCUT2D eigenvalue weighted by Gasteiger charge is 2.28. The van der Waals surface area contributed by atoms with Crippen LogP contribution in [-0.2, 0) is 14.6 Å². The molecule has 1 heterocycles. The van der Waals surface area contributed by atoms with Crippen molar-refractivity contribution >= 4 is 32.2 Å². The van der Waals surface area contributed by atoms with Gasteiger partial charge in [0.1, 0.15) is 9.90 Å². The molecular weight excluding hydrogens is 286 g/mol. The van der Waals surface area contributed by atoms with Crippen LogP contribution in [0.1, 0.15) is 20.8 Å². The van der Waals surface area contributed by atoms with Gasteiger partial charge in [0.05, 0.1) is 18.4 Å². The van der Waals surface area contributed by atoms with Gasteiger partial charge in [0, 0.05) is 13.7 Å². The summed E-state index contributed by atoms with van der Waals surface area (Å²) < 4.78 is 33.4. The van der Waals surface area contributed by atoms with Gasteiger partial charge >= 0.3 is 0 Å². The molecule has 0 saturated carbocycles. The Morgan fingerprint density at radius 3 is 2.58 bits per heavy atom. The zero-order valence-electron chi connectivity index (χ0n) is 11.7. The SMILES string of the molecule is CCN(c1snc(N)c1S(=O)(=O)CC)C(C)COC. The summed E-state index contributed by atoms with van der Waals surface area (Å²) >= 11 is 1.12. The van der Waals surface area contributed by atoms with Gasteiger partial charge < -0.3 is 15.4 Å². The lowest BCUT2D eigenvalue weighted by molar-refractivity contribution is 0.182. The summed E-state index contributed by atoms with van der Waals surface area (Å²) in [5.41, 5.74) is 5.73. The van der Waals surface area contributed by atoms with Crippen molar-refractivity contribution in [3.05, 3.63) is 0 Å². The molecule has 0 bridgehead atoms. The molecule has 0 radical (unpaired) electrons. The maximum absolute atomic E-state index is 12.1. The van der Waals surface area contributed by atoms with Gasteiger partial charge in [-0.15, -0.1) is 0 Å². The molecule has 0 spiro atoms. The number of hydrogen-bond donors (Lipinski definition) is 1. The van der Waals surface area contributed by atoms with Gasteiger partial charge in [-0.3, -0.25) is 0 Å². The fourth-order valence-corrected chi connectivity index (χ4v) is 4.36. The Morgan fingerprint density at radius 2 is 2.11 bits per heavy atom. The van der Waals surface area contributed by atoms with Gasteiger partial charge in [0.15, 0.2) is 15.7 Å². The molecule has 0 saturated heterocycles. The summed E-state index contributed by atoms with van der Waals surface area (Å²) in [7, 11) is -1.76. The van der Waals surface area contributed by atoms with Crippen molar-refractivity contribution < 1.29 is 13.2 Å². The Morgan fingerprint density at radius 1 is 1.47 bits per heavy atom. The molecule has 0 aliphatic rings. The molecule has 2 N–H and O–H groups in total. The standard InChI is InChI=1S/C11H21N3O3S2/c1-5-14(8(3)7-17-4)11-9(10(12)13-18-11)19(15,16)6-2/h8H,5-7H2,1-4H3,(H2,12,13). The molecule has 0 aliphatic heterocycles. The number of sulfone groups is 1. The van der Waals surface area contributed by atoms with E-state index in [1.807, 2.05) is 18.7 Å². The van der Waals surface area contributed by atoms with Crippen LogP contribution < -0.4 is 10.6 Å². The number of hydrogen-bond acceptors (Lipinski definition) is 7. The largest absolute Gasteiger partial charge is 0.383 e. The van der Waals surface area contributed by atoms with Gasteiger partial charge in [-0.25, -0.2) is 8.42 Å². The molecule has 0 aromatic carbocycles. The van der Waals surface area contributed by atoms with E-state index < -0.39 is 9.84 Å². The number of likely N-dealkylation sites (N-methyl/N-ethyl adjacent to an activating group) is 1. The third-order valence-electron chi connectivity index (χ3n) is 2.89. The minimum absolute atomic E-state index is 0.0127. The number of nitrogens with zero attached hydrogens (tertiary/aromatic N) is 2. The van der Waals surface area contributed by atoms with E-state index in [-0.39, 0.29) is 22.5 Å². The van der Waals surface area contributed by atoms with Gasteiger partial charge in [-0.2, -0.15) is 4.37 Å². The monoisotopic (exact) mass is 307 g/mol. The van der Waals surface area contributed by atoms with Crippen LogP contribution in [0.25, 0.3) is 0 Å². The van der Waals surface area contributed by atoms with Crippen LogP contribution in [-0.4, -0.2) is 44.8 Å². The van der Waals surface area contributed by atoms with Crippen molar-refractivity contribution in [2.45, 2.75) is 31.7 Å². The number of aromatic nitrogens is 1. The van der Waals surface area contributed by atoms with Gasteiger partial charge in [-0.1, -0.05) is 6.92 Å². The van der Waals surface area contributed by atoms with Crippen LogP contribution >= 0.6 is 11.5 Å². The fourth-order valence-electron chi connectivity index (χ4n) is 1.89. The molecule has 1 aromatic heterocycles. The third kappa shape index (κ3) is 3.37. The van der Waals surface area contributed by atoms with Crippen molar-refractivity contribution in [2.24, 2.45) is 0 Å². The lowest BCUT2D eigenvalue weighted by atomic mass is 10.3. The number of anilines is 2. The van der Waals surface area contributed by atoms with Crippen molar-refractivity contribution in [2.75, 3.05) is 36.6 Å². The first-order valence-corrected chi connectivity index (χ1v) is 8.55. The molecule has 1 atom stereocenters. The number of rotatable bonds is 7. The predicted molar refractivity (Wildman–Crippen MR) is 78.6 cm³/mol. The quantitative estimate of drug-likeness (QED) is 0.819. The summed E-state index contributed by atoms with van der Waals surface area (Å²) in [6, 6.07) is 0.0562. The first kappa shape index (κ1) is 16.2. The molecule has 110 valence electrons. The average molecular weight is 307 g/mol. The maximum Gasteiger partial charge on any atom is 0.184 e. The van der Waals surface area contributed by atoms with Gasteiger partial charge in [-0.05, 0) is 25.4 Å². The lowest BCUT2D eigenvalue weighted by Crippen LogP contribution is -2.36.